The number of halogens is 3. The van der Waals surface area contributed by atoms with E-state index < -0.39 is 17.8 Å². The number of Topliss-reactive ketones (excluding diaryl/α,β-unsaturated/α-hetero) is 1. The van der Waals surface area contributed by atoms with Crippen molar-refractivity contribution in [3.05, 3.63) is 95.3 Å². The number of hydrogen-bond donors (Lipinski definition) is 1. The van der Waals surface area contributed by atoms with Gasteiger partial charge in [-0.2, -0.15) is 17.7 Å². The average molecular weight is 397 g/mol. The number of nitrogens with zero attached hydrogens (tertiary/aromatic N) is 1. The molecule has 1 unspecified atom stereocenters. The molecule has 1 heterocycles. The Morgan fingerprint density at radius 1 is 1.00 bits per heavy atom. The highest BCUT2D eigenvalue weighted by Gasteiger charge is 2.37. The van der Waals surface area contributed by atoms with Crippen LogP contribution < -0.4 is 9.88 Å². The van der Waals surface area contributed by atoms with E-state index in [1.807, 2.05) is 59.4 Å². The van der Waals surface area contributed by atoms with Crippen LogP contribution in [0.2, 0.25) is 0 Å². The van der Waals surface area contributed by atoms with Gasteiger partial charge < -0.3 is 5.32 Å². The van der Waals surface area contributed by atoms with Crippen LogP contribution >= 0.6 is 0 Å². The number of aromatic nitrogens is 1. The van der Waals surface area contributed by atoms with Crippen molar-refractivity contribution in [1.82, 2.24) is 0 Å². The molecular formula is C23H20F3N2O+. The molecule has 6 heteroatoms. The number of anilines is 1. The summed E-state index contributed by atoms with van der Waals surface area (Å²) in [5.74, 6) is -0.144. The number of rotatable bonds is 4. The lowest BCUT2D eigenvalue weighted by atomic mass is 9.86. The van der Waals surface area contributed by atoms with Crippen LogP contribution in [0.1, 0.15) is 39.5 Å². The summed E-state index contributed by atoms with van der Waals surface area (Å²) in [6, 6.07) is 16.8. The maximum absolute atomic E-state index is 12.9. The Morgan fingerprint density at radius 3 is 2.41 bits per heavy atom. The van der Waals surface area contributed by atoms with Crippen molar-refractivity contribution in [2.75, 3.05) is 5.32 Å². The number of aryl methyl sites for hydroxylation is 1. The van der Waals surface area contributed by atoms with Crippen molar-refractivity contribution in [1.29, 1.82) is 0 Å². The molecule has 1 aromatic heterocycles. The van der Waals surface area contributed by atoms with E-state index in [4.69, 9.17) is 0 Å². The average Bonchev–Trinajstić information content (AvgIpc) is 2.73. The van der Waals surface area contributed by atoms with Gasteiger partial charge in [0.2, 0.25) is 11.8 Å². The minimum absolute atomic E-state index is 0.144. The summed E-state index contributed by atoms with van der Waals surface area (Å²) < 4.78 is 40.6. The summed E-state index contributed by atoms with van der Waals surface area (Å²) in [5, 5.41) is 3.33. The monoisotopic (exact) mass is 397 g/mol. The first-order chi connectivity index (χ1) is 13.9. The number of hydrogen-bond acceptors (Lipinski definition) is 2. The van der Waals surface area contributed by atoms with Gasteiger partial charge in [0.1, 0.15) is 0 Å². The minimum Gasteiger partial charge on any atom is -0.381 e. The maximum Gasteiger partial charge on any atom is 0.416 e. The highest BCUT2D eigenvalue weighted by molar-refractivity contribution is 6.00. The summed E-state index contributed by atoms with van der Waals surface area (Å²) in [5.41, 5.74) is 2.25. The molecule has 0 spiro atoms. The molecule has 0 amide bonds. The van der Waals surface area contributed by atoms with E-state index in [-0.39, 0.29) is 5.78 Å². The number of alkyl halides is 3. The normalized spacial score (nSPS) is 16.4. The largest absolute Gasteiger partial charge is 0.416 e. The van der Waals surface area contributed by atoms with Crippen LogP contribution in [-0.2, 0) is 19.1 Å². The summed E-state index contributed by atoms with van der Waals surface area (Å²) in [6.45, 7) is 0.697. The molecule has 0 fully saturated rings. The minimum atomic E-state index is -4.40. The van der Waals surface area contributed by atoms with Gasteiger partial charge in [0, 0.05) is 36.3 Å². The van der Waals surface area contributed by atoms with Crippen molar-refractivity contribution < 1.29 is 22.5 Å². The second-order valence-electron chi connectivity index (χ2n) is 7.16. The molecule has 0 saturated carbocycles. The van der Waals surface area contributed by atoms with Gasteiger partial charge in [-0.15, -0.1) is 0 Å². The fraction of sp³-hybridized carbons (Fsp3) is 0.217. The third-order valence-corrected chi connectivity index (χ3v) is 5.24. The van der Waals surface area contributed by atoms with E-state index in [2.05, 4.69) is 5.32 Å². The second-order valence-corrected chi connectivity index (χ2v) is 7.16. The molecule has 3 nitrogen and oxygen atoms in total. The van der Waals surface area contributed by atoms with Crippen LogP contribution in [-0.4, -0.2) is 5.78 Å². The van der Waals surface area contributed by atoms with Crippen LogP contribution in [0.4, 0.5) is 18.9 Å². The predicted molar refractivity (Wildman–Crippen MR) is 104 cm³/mol. The Kier molecular flexibility index (Phi) is 5.09. The Morgan fingerprint density at radius 2 is 1.72 bits per heavy atom. The number of pyridine rings is 1. The van der Waals surface area contributed by atoms with Crippen LogP contribution in [0.5, 0.6) is 0 Å². The first-order valence-electron chi connectivity index (χ1n) is 9.45. The maximum atomic E-state index is 12.9. The fourth-order valence-corrected chi connectivity index (χ4v) is 3.67. The molecule has 0 saturated heterocycles. The Hall–Kier alpha value is -3.15. The standard InChI is InChI=1S/C23H19F3N2O/c24-23(25,26)18-7-8-20-17(14-18)6-9-21(22(20)29)28-12-10-19(11-13-28)27-15-16-4-2-1-3-5-16/h1-5,7-8,10-14,21H,6,9,15H2/p+1. The second kappa shape index (κ2) is 7.70. The van der Waals surface area contributed by atoms with E-state index in [9.17, 15) is 18.0 Å². The highest BCUT2D eigenvalue weighted by Crippen LogP contribution is 2.33. The van der Waals surface area contributed by atoms with Gasteiger partial charge in [0.15, 0.2) is 12.4 Å². The molecule has 0 aliphatic heterocycles. The molecule has 4 rings (SSSR count). The zero-order valence-corrected chi connectivity index (χ0v) is 15.6. The van der Waals surface area contributed by atoms with Gasteiger partial charge in [-0.05, 0) is 29.7 Å². The molecule has 0 radical (unpaired) electrons. The van der Waals surface area contributed by atoms with Crippen LogP contribution in [0.25, 0.3) is 0 Å². The lowest BCUT2D eigenvalue weighted by Crippen LogP contribution is -2.45. The third-order valence-electron chi connectivity index (χ3n) is 5.24. The van der Waals surface area contributed by atoms with E-state index in [0.29, 0.717) is 30.5 Å². The molecule has 1 aliphatic carbocycles. The fourth-order valence-electron chi connectivity index (χ4n) is 3.67. The Labute approximate surface area is 166 Å². The summed E-state index contributed by atoms with van der Waals surface area (Å²) in [4.78, 5) is 12.9. The third kappa shape index (κ3) is 4.16. The van der Waals surface area contributed by atoms with Crippen LogP contribution in [0.15, 0.2) is 73.1 Å². The molecule has 3 aromatic rings. The lowest BCUT2D eigenvalue weighted by molar-refractivity contribution is -0.708. The van der Waals surface area contributed by atoms with Crippen molar-refractivity contribution in [3.63, 3.8) is 0 Å². The molecule has 1 aliphatic rings. The molecule has 29 heavy (non-hydrogen) atoms. The van der Waals surface area contributed by atoms with Crippen LogP contribution in [0.3, 0.4) is 0 Å². The number of benzene rings is 2. The van der Waals surface area contributed by atoms with Crippen LogP contribution in [0, 0.1) is 0 Å². The van der Waals surface area contributed by atoms with Crippen molar-refractivity contribution in [3.8, 4) is 0 Å². The van der Waals surface area contributed by atoms with Gasteiger partial charge in [0.25, 0.3) is 0 Å². The van der Waals surface area contributed by atoms with E-state index in [1.165, 1.54) is 11.6 Å². The Balaban J connectivity index is 1.47. The Bertz CT molecular complexity index is 1010. The topological polar surface area (TPSA) is 33.0 Å². The molecule has 1 N–H and O–H groups in total. The van der Waals surface area contributed by atoms with Gasteiger partial charge >= 0.3 is 6.18 Å². The lowest BCUT2D eigenvalue weighted by Gasteiger charge is -2.21. The van der Waals surface area contributed by atoms with Crippen molar-refractivity contribution in [2.24, 2.45) is 0 Å². The summed E-state index contributed by atoms with van der Waals surface area (Å²) in [6.07, 6.45) is 0.202. The summed E-state index contributed by atoms with van der Waals surface area (Å²) in [7, 11) is 0. The number of ketones is 1. The predicted octanol–water partition coefficient (Wildman–Crippen LogP) is 4.98. The number of nitrogens with one attached hydrogen (secondary N) is 1. The number of carbonyl (C=O) groups is 1. The smallest absolute Gasteiger partial charge is 0.381 e. The van der Waals surface area contributed by atoms with Crippen molar-refractivity contribution in [2.45, 2.75) is 31.6 Å². The zero-order chi connectivity index (χ0) is 20.4. The van der Waals surface area contributed by atoms with Gasteiger partial charge in [-0.25, -0.2) is 0 Å². The molecule has 0 bridgehead atoms. The highest BCUT2D eigenvalue weighted by atomic mass is 19.4. The number of fused-ring (bicyclic) bond motifs is 1. The zero-order valence-electron chi connectivity index (χ0n) is 15.6. The SMILES string of the molecule is O=C1c2ccc(C(F)(F)F)cc2CCC1[n+]1ccc(NCc2ccccc2)cc1. The molecule has 2 aromatic carbocycles. The van der Waals surface area contributed by atoms with Crippen molar-refractivity contribution >= 4 is 11.5 Å². The van der Waals surface area contributed by atoms with Gasteiger partial charge in [-0.1, -0.05) is 36.4 Å². The number of carbonyl (C=O) groups excluding carboxylic acids is 1. The first kappa shape index (κ1) is 19.2. The van der Waals surface area contributed by atoms with E-state index in [0.717, 1.165) is 17.8 Å². The van der Waals surface area contributed by atoms with E-state index >= 15 is 0 Å². The molecule has 1 atom stereocenters. The van der Waals surface area contributed by atoms with Gasteiger partial charge in [-0.3, -0.25) is 4.79 Å². The first-order valence-corrected chi connectivity index (χ1v) is 9.45. The molecule has 148 valence electrons. The van der Waals surface area contributed by atoms with E-state index in [1.54, 1.807) is 0 Å². The van der Waals surface area contributed by atoms with Gasteiger partial charge in [0.05, 0.1) is 5.56 Å². The quantitative estimate of drug-likeness (QED) is 0.630. The summed E-state index contributed by atoms with van der Waals surface area (Å²) >= 11 is 0. The molecular weight excluding hydrogens is 377 g/mol.